The van der Waals surface area contributed by atoms with Crippen molar-refractivity contribution in [2.75, 3.05) is 19.7 Å². The minimum absolute atomic E-state index is 0.0242. The van der Waals surface area contributed by atoms with Crippen LogP contribution in [0.5, 0.6) is 0 Å². The molecule has 116 valence electrons. The number of hydrogen-bond donors (Lipinski definition) is 3. The Balaban J connectivity index is 2.22. The number of hydrogen-bond acceptors (Lipinski definition) is 4. The predicted molar refractivity (Wildman–Crippen MR) is 77.0 cm³/mol. The highest BCUT2D eigenvalue weighted by atomic mass is 16.5. The Bertz CT molecular complexity index is 334. The zero-order valence-electron chi connectivity index (χ0n) is 12.6. The van der Waals surface area contributed by atoms with Crippen LogP contribution in [0.4, 0.5) is 0 Å². The van der Waals surface area contributed by atoms with Crippen LogP contribution in [0.15, 0.2) is 0 Å². The van der Waals surface area contributed by atoms with E-state index in [0.717, 1.165) is 19.4 Å². The molecule has 20 heavy (non-hydrogen) atoms. The number of ether oxygens (including phenoxy) is 1. The minimum atomic E-state index is -0.574. The van der Waals surface area contributed by atoms with Gasteiger partial charge < -0.3 is 21.1 Å². The summed E-state index contributed by atoms with van der Waals surface area (Å²) < 4.78 is 5.57. The van der Waals surface area contributed by atoms with E-state index in [9.17, 15) is 9.59 Å². The molecule has 3 atom stereocenters. The van der Waals surface area contributed by atoms with Crippen LogP contribution in [0.25, 0.3) is 0 Å². The number of carbonyl (C=O) groups is 2. The lowest BCUT2D eigenvalue weighted by Gasteiger charge is -2.18. The first-order valence-electron chi connectivity index (χ1n) is 7.37. The smallest absolute Gasteiger partial charge is 0.239 e. The molecule has 1 aliphatic rings. The van der Waals surface area contributed by atoms with Crippen molar-refractivity contribution in [2.45, 2.75) is 45.8 Å². The second-order valence-electron chi connectivity index (χ2n) is 5.66. The maximum atomic E-state index is 11.7. The molecule has 1 rings (SSSR count). The lowest BCUT2D eigenvalue weighted by molar-refractivity contribution is -0.127. The van der Waals surface area contributed by atoms with E-state index in [2.05, 4.69) is 17.6 Å². The molecule has 0 aromatic carbocycles. The standard InChI is InChI=1S/C14H27N3O3/c1-4-11-10(5-6-20-11)7-16-12(18)8-17-14(19)13(15)9(2)3/h9-11,13H,4-8,15H2,1-3H3,(H,16,18)(H,17,19)/t10?,11?,13-/m0/s1. The van der Waals surface area contributed by atoms with Gasteiger partial charge in [-0.1, -0.05) is 20.8 Å². The third-order valence-corrected chi connectivity index (χ3v) is 3.75. The lowest BCUT2D eigenvalue weighted by Crippen LogP contribution is -2.47. The first-order chi connectivity index (χ1) is 9.45. The summed E-state index contributed by atoms with van der Waals surface area (Å²) in [4.78, 5) is 23.3. The molecule has 1 aliphatic heterocycles. The SMILES string of the molecule is CCC1OCCC1CNC(=O)CNC(=O)[C@@H](N)C(C)C. The van der Waals surface area contributed by atoms with E-state index in [1.165, 1.54) is 0 Å². The molecule has 0 spiro atoms. The Morgan fingerprint density at radius 1 is 1.35 bits per heavy atom. The van der Waals surface area contributed by atoms with Crippen LogP contribution < -0.4 is 16.4 Å². The summed E-state index contributed by atoms with van der Waals surface area (Å²) in [5.74, 6) is -0.0431. The Morgan fingerprint density at radius 2 is 2.05 bits per heavy atom. The molecule has 0 saturated carbocycles. The summed E-state index contributed by atoms with van der Waals surface area (Å²) >= 11 is 0. The zero-order chi connectivity index (χ0) is 15.1. The Hall–Kier alpha value is -1.14. The molecule has 1 saturated heterocycles. The topological polar surface area (TPSA) is 93.5 Å². The summed E-state index contributed by atoms with van der Waals surface area (Å²) in [6.45, 7) is 7.16. The van der Waals surface area contributed by atoms with Crippen molar-refractivity contribution in [1.29, 1.82) is 0 Å². The zero-order valence-corrected chi connectivity index (χ0v) is 12.6. The maximum absolute atomic E-state index is 11.7. The number of amides is 2. The molecule has 0 bridgehead atoms. The fourth-order valence-electron chi connectivity index (χ4n) is 2.27. The van der Waals surface area contributed by atoms with Crippen LogP contribution in [-0.4, -0.2) is 43.7 Å². The molecule has 0 aliphatic carbocycles. The summed E-state index contributed by atoms with van der Waals surface area (Å²) in [7, 11) is 0. The molecule has 0 radical (unpaired) electrons. The summed E-state index contributed by atoms with van der Waals surface area (Å²) in [6.07, 6.45) is 2.17. The second kappa shape index (κ2) is 8.21. The van der Waals surface area contributed by atoms with Gasteiger partial charge in [-0.2, -0.15) is 0 Å². The Kier molecular flexibility index (Phi) is 6.95. The number of nitrogens with one attached hydrogen (secondary N) is 2. The Labute approximate surface area is 120 Å². The predicted octanol–water partition coefficient (Wildman–Crippen LogP) is 0.0172. The van der Waals surface area contributed by atoms with Gasteiger partial charge in [0.25, 0.3) is 0 Å². The van der Waals surface area contributed by atoms with E-state index in [1.807, 2.05) is 13.8 Å². The molecule has 6 heteroatoms. The quantitative estimate of drug-likeness (QED) is 0.614. The highest BCUT2D eigenvalue weighted by molar-refractivity contribution is 5.87. The van der Waals surface area contributed by atoms with E-state index in [4.69, 9.17) is 10.5 Å². The van der Waals surface area contributed by atoms with Gasteiger partial charge in [0, 0.05) is 19.1 Å². The van der Waals surface area contributed by atoms with Crippen LogP contribution in [0, 0.1) is 11.8 Å². The third-order valence-electron chi connectivity index (χ3n) is 3.75. The normalized spacial score (nSPS) is 23.6. The molecular formula is C14H27N3O3. The van der Waals surface area contributed by atoms with Gasteiger partial charge in [0.2, 0.25) is 11.8 Å². The fraction of sp³-hybridized carbons (Fsp3) is 0.857. The van der Waals surface area contributed by atoms with Crippen molar-refractivity contribution in [2.24, 2.45) is 17.6 Å². The molecule has 0 aromatic heterocycles. The molecule has 1 heterocycles. The number of rotatable bonds is 7. The average molecular weight is 285 g/mol. The second-order valence-corrected chi connectivity index (χ2v) is 5.66. The highest BCUT2D eigenvalue weighted by Gasteiger charge is 2.26. The van der Waals surface area contributed by atoms with Gasteiger partial charge in [0.05, 0.1) is 18.7 Å². The van der Waals surface area contributed by atoms with Crippen molar-refractivity contribution in [3.63, 3.8) is 0 Å². The van der Waals surface area contributed by atoms with Gasteiger partial charge in [-0.25, -0.2) is 0 Å². The van der Waals surface area contributed by atoms with Crippen molar-refractivity contribution >= 4 is 11.8 Å². The van der Waals surface area contributed by atoms with Crippen LogP contribution in [0.1, 0.15) is 33.6 Å². The first-order valence-corrected chi connectivity index (χ1v) is 7.37. The third kappa shape index (κ3) is 5.09. The van der Waals surface area contributed by atoms with E-state index in [1.54, 1.807) is 0 Å². The van der Waals surface area contributed by atoms with Gasteiger partial charge in [-0.05, 0) is 18.8 Å². The van der Waals surface area contributed by atoms with Crippen LogP contribution in [0.3, 0.4) is 0 Å². The molecular weight excluding hydrogens is 258 g/mol. The molecule has 2 amide bonds. The van der Waals surface area contributed by atoms with Crippen molar-refractivity contribution in [1.82, 2.24) is 10.6 Å². The fourth-order valence-corrected chi connectivity index (χ4v) is 2.27. The first kappa shape index (κ1) is 16.9. The van der Waals surface area contributed by atoms with Crippen molar-refractivity contribution in [3.05, 3.63) is 0 Å². The van der Waals surface area contributed by atoms with E-state index in [0.29, 0.717) is 12.5 Å². The number of nitrogens with two attached hydrogens (primary N) is 1. The van der Waals surface area contributed by atoms with Crippen LogP contribution >= 0.6 is 0 Å². The summed E-state index contributed by atoms with van der Waals surface area (Å²) in [5.41, 5.74) is 5.70. The van der Waals surface area contributed by atoms with Gasteiger partial charge in [0.1, 0.15) is 0 Å². The minimum Gasteiger partial charge on any atom is -0.378 e. The van der Waals surface area contributed by atoms with Gasteiger partial charge in [-0.3, -0.25) is 9.59 Å². The lowest BCUT2D eigenvalue weighted by atomic mass is 10.00. The van der Waals surface area contributed by atoms with Crippen molar-refractivity contribution in [3.8, 4) is 0 Å². The molecule has 4 N–H and O–H groups in total. The Morgan fingerprint density at radius 3 is 2.65 bits per heavy atom. The van der Waals surface area contributed by atoms with Crippen LogP contribution in [-0.2, 0) is 14.3 Å². The van der Waals surface area contributed by atoms with Crippen LogP contribution in [0.2, 0.25) is 0 Å². The van der Waals surface area contributed by atoms with Gasteiger partial charge in [0.15, 0.2) is 0 Å². The largest absolute Gasteiger partial charge is 0.378 e. The molecule has 0 aromatic rings. The van der Waals surface area contributed by atoms with E-state index in [-0.39, 0.29) is 30.4 Å². The van der Waals surface area contributed by atoms with E-state index >= 15 is 0 Å². The number of carbonyl (C=O) groups excluding carboxylic acids is 2. The van der Waals surface area contributed by atoms with E-state index < -0.39 is 6.04 Å². The molecule has 6 nitrogen and oxygen atoms in total. The molecule has 1 fully saturated rings. The van der Waals surface area contributed by atoms with Gasteiger partial charge >= 0.3 is 0 Å². The van der Waals surface area contributed by atoms with Gasteiger partial charge in [-0.15, -0.1) is 0 Å². The average Bonchev–Trinajstić information content (AvgIpc) is 2.88. The molecule has 2 unspecified atom stereocenters. The highest BCUT2D eigenvalue weighted by Crippen LogP contribution is 2.22. The van der Waals surface area contributed by atoms with Crippen molar-refractivity contribution < 1.29 is 14.3 Å². The summed E-state index contributed by atoms with van der Waals surface area (Å²) in [5, 5.41) is 5.39. The monoisotopic (exact) mass is 285 g/mol. The summed E-state index contributed by atoms with van der Waals surface area (Å²) in [6, 6.07) is -0.574. The maximum Gasteiger partial charge on any atom is 0.239 e.